The maximum atomic E-state index is 9.70. The Balaban J connectivity index is 1.65. The van der Waals surface area contributed by atoms with Gasteiger partial charge in [0.2, 0.25) is 0 Å². The van der Waals surface area contributed by atoms with Crippen LogP contribution >= 0.6 is 11.6 Å². The van der Waals surface area contributed by atoms with Crippen molar-refractivity contribution in [1.29, 1.82) is 5.26 Å². The number of hydrogen-bond donors (Lipinski definition) is 0. The molecule has 0 aliphatic carbocycles. The Labute approximate surface area is 199 Å². The molecule has 4 rings (SSSR count). The summed E-state index contributed by atoms with van der Waals surface area (Å²) < 4.78 is 12.0. The number of nitrogens with zero attached hydrogens (tertiary/aromatic N) is 1. The number of nitriles is 1. The van der Waals surface area contributed by atoms with Crippen LogP contribution in [0.25, 0.3) is 22.4 Å². The van der Waals surface area contributed by atoms with E-state index in [1.807, 2.05) is 68.5 Å². The van der Waals surface area contributed by atoms with Gasteiger partial charge >= 0.3 is 0 Å². The molecule has 3 nitrogen and oxygen atoms in total. The highest BCUT2D eigenvalue weighted by atomic mass is 35.5. The second kappa shape index (κ2) is 10.3. The van der Waals surface area contributed by atoms with Crippen LogP contribution < -0.4 is 9.47 Å². The molecule has 0 N–H and O–H groups in total. The van der Waals surface area contributed by atoms with Crippen LogP contribution in [-0.2, 0) is 6.61 Å². The molecule has 4 heteroatoms. The van der Waals surface area contributed by atoms with E-state index in [9.17, 15) is 5.26 Å². The fraction of sp³-hybridized carbons (Fsp3) is 0.138. The number of fused-ring (bicyclic) bond motifs is 1. The molecule has 0 aliphatic heterocycles. The van der Waals surface area contributed by atoms with Crippen LogP contribution in [0.15, 0.2) is 78.9 Å². The fourth-order valence-electron chi connectivity index (χ4n) is 3.72. The molecule has 0 aliphatic rings. The van der Waals surface area contributed by atoms with Crippen molar-refractivity contribution in [2.75, 3.05) is 6.61 Å². The highest BCUT2D eigenvalue weighted by Gasteiger charge is 2.14. The van der Waals surface area contributed by atoms with Crippen molar-refractivity contribution in [2.24, 2.45) is 0 Å². The summed E-state index contributed by atoms with van der Waals surface area (Å²) in [5.41, 5.74) is 4.40. The molecule has 0 amide bonds. The number of benzene rings is 4. The first-order valence-electron chi connectivity index (χ1n) is 10.8. The highest BCUT2D eigenvalue weighted by molar-refractivity contribution is 6.32. The van der Waals surface area contributed by atoms with Crippen LogP contribution in [0, 0.1) is 18.3 Å². The second-order valence-corrected chi connectivity index (χ2v) is 8.13. The van der Waals surface area contributed by atoms with E-state index >= 15 is 0 Å². The number of allylic oxidation sites excluding steroid dienone is 1. The minimum atomic E-state index is 0.364. The molecule has 0 unspecified atom stereocenters. The molecular weight excluding hydrogens is 430 g/mol. The zero-order chi connectivity index (χ0) is 23.2. The van der Waals surface area contributed by atoms with Gasteiger partial charge in [-0.15, -0.1) is 0 Å². The quantitative estimate of drug-likeness (QED) is 0.211. The Bertz CT molecular complexity index is 1350. The smallest absolute Gasteiger partial charge is 0.180 e. The van der Waals surface area contributed by atoms with Crippen molar-refractivity contribution in [2.45, 2.75) is 20.5 Å². The number of rotatable bonds is 7. The number of aryl methyl sites for hydroxylation is 1. The van der Waals surface area contributed by atoms with Crippen molar-refractivity contribution in [1.82, 2.24) is 0 Å². The van der Waals surface area contributed by atoms with Gasteiger partial charge in [0.15, 0.2) is 11.5 Å². The lowest BCUT2D eigenvalue weighted by molar-refractivity contribution is 0.270. The van der Waals surface area contributed by atoms with Crippen molar-refractivity contribution >= 4 is 34.0 Å². The Morgan fingerprint density at radius 3 is 2.48 bits per heavy atom. The number of hydrogen-bond acceptors (Lipinski definition) is 3. The standard InChI is InChI=1S/C29H24ClNO2/c1-3-32-28-17-21(15-25(18-31)22-13-11-20(2)12-14-22)16-27(30)29(28)33-19-24-9-6-8-23-7-4-5-10-26(23)24/h4-17H,3,19H2,1-2H3/b25-15+. The van der Waals surface area contributed by atoms with Crippen LogP contribution in [0.1, 0.15) is 29.2 Å². The maximum Gasteiger partial charge on any atom is 0.180 e. The number of halogens is 1. The van der Waals surface area contributed by atoms with Gasteiger partial charge in [0.1, 0.15) is 6.61 Å². The van der Waals surface area contributed by atoms with E-state index in [2.05, 4.69) is 30.3 Å². The van der Waals surface area contributed by atoms with Gasteiger partial charge in [-0.25, -0.2) is 0 Å². The Kier molecular flexibility index (Phi) is 6.98. The van der Waals surface area contributed by atoms with E-state index in [0.29, 0.717) is 35.3 Å². The molecule has 4 aromatic carbocycles. The van der Waals surface area contributed by atoms with Crippen molar-refractivity contribution < 1.29 is 9.47 Å². The highest BCUT2D eigenvalue weighted by Crippen LogP contribution is 2.38. The van der Waals surface area contributed by atoms with E-state index in [-0.39, 0.29) is 0 Å². The van der Waals surface area contributed by atoms with Crippen LogP contribution in [0.2, 0.25) is 5.02 Å². The average molecular weight is 454 g/mol. The molecule has 33 heavy (non-hydrogen) atoms. The van der Waals surface area contributed by atoms with Crippen LogP contribution in [-0.4, -0.2) is 6.61 Å². The van der Waals surface area contributed by atoms with Crippen LogP contribution in [0.4, 0.5) is 0 Å². The Morgan fingerprint density at radius 1 is 0.970 bits per heavy atom. The lowest BCUT2D eigenvalue weighted by Gasteiger charge is -2.15. The van der Waals surface area contributed by atoms with E-state index in [1.165, 1.54) is 0 Å². The van der Waals surface area contributed by atoms with Crippen molar-refractivity contribution in [3.05, 3.63) is 106 Å². The molecule has 0 heterocycles. The van der Waals surface area contributed by atoms with Gasteiger partial charge in [-0.05, 0) is 59.5 Å². The molecule has 4 aromatic rings. The Morgan fingerprint density at radius 2 is 1.73 bits per heavy atom. The van der Waals surface area contributed by atoms with Crippen molar-refractivity contribution in [3.63, 3.8) is 0 Å². The molecule has 0 atom stereocenters. The largest absolute Gasteiger partial charge is 0.490 e. The second-order valence-electron chi connectivity index (χ2n) is 7.73. The molecule has 0 fully saturated rings. The molecule has 0 saturated carbocycles. The zero-order valence-electron chi connectivity index (χ0n) is 18.6. The predicted molar refractivity (Wildman–Crippen MR) is 136 cm³/mol. The minimum absolute atomic E-state index is 0.364. The van der Waals surface area contributed by atoms with E-state index in [0.717, 1.165) is 33.0 Å². The summed E-state index contributed by atoms with van der Waals surface area (Å²) in [5, 5.41) is 12.4. The van der Waals surface area contributed by atoms with Crippen LogP contribution in [0.3, 0.4) is 0 Å². The van der Waals surface area contributed by atoms with Crippen LogP contribution in [0.5, 0.6) is 11.5 Å². The third-order valence-electron chi connectivity index (χ3n) is 5.38. The third-order valence-corrected chi connectivity index (χ3v) is 5.66. The fourth-order valence-corrected chi connectivity index (χ4v) is 4.00. The van der Waals surface area contributed by atoms with E-state index < -0.39 is 0 Å². The predicted octanol–water partition coefficient (Wildman–Crippen LogP) is 7.84. The lowest BCUT2D eigenvalue weighted by atomic mass is 10.0. The first-order valence-corrected chi connectivity index (χ1v) is 11.2. The monoisotopic (exact) mass is 453 g/mol. The van der Waals surface area contributed by atoms with Crippen molar-refractivity contribution in [3.8, 4) is 17.6 Å². The van der Waals surface area contributed by atoms with Gasteiger partial charge in [-0.2, -0.15) is 5.26 Å². The molecular formula is C29H24ClNO2. The molecule has 164 valence electrons. The summed E-state index contributed by atoms with van der Waals surface area (Å²) in [5.74, 6) is 1.05. The van der Waals surface area contributed by atoms with Gasteiger partial charge in [-0.1, -0.05) is 83.9 Å². The van der Waals surface area contributed by atoms with Gasteiger partial charge in [0.05, 0.1) is 23.3 Å². The molecule has 0 saturated heterocycles. The summed E-state index contributed by atoms with van der Waals surface area (Å²) in [6.45, 7) is 4.77. The topological polar surface area (TPSA) is 42.2 Å². The minimum Gasteiger partial charge on any atom is -0.490 e. The SMILES string of the molecule is CCOc1cc(/C=C(\C#N)c2ccc(C)cc2)cc(Cl)c1OCc1cccc2ccccc12. The Hall–Kier alpha value is -3.74. The summed E-state index contributed by atoms with van der Waals surface area (Å²) >= 11 is 6.63. The summed E-state index contributed by atoms with van der Waals surface area (Å²) in [6, 6.07) is 28.2. The summed E-state index contributed by atoms with van der Waals surface area (Å²) in [6.07, 6.45) is 1.81. The zero-order valence-corrected chi connectivity index (χ0v) is 19.4. The van der Waals surface area contributed by atoms with Gasteiger partial charge in [-0.3, -0.25) is 0 Å². The first-order chi connectivity index (χ1) is 16.1. The van der Waals surface area contributed by atoms with Gasteiger partial charge < -0.3 is 9.47 Å². The summed E-state index contributed by atoms with van der Waals surface area (Å²) in [7, 11) is 0. The maximum absolute atomic E-state index is 9.70. The normalized spacial score (nSPS) is 11.3. The lowest BCUT2D eigenvalue weighted by Crippen LogP contribution is -2.01. The van der Waals surface area contributed by atoms with E-state index in [4.69, 9.17) is 21.1 Å². The molecule has 0 spiro atoms. The average Bonchev–Trinajstić information content (AvgIpc) is 2.83. The van der Waals surface area contributed by atoms with E-state index in [1.54, 1.807) is 6.07 Å². The molecule has 0 radical (unpaired) electrons. The van der Waals surface area contributed by atoms with Gasteiger partial charge in [0.25, 0.3) is 0 Å². The summed E-state index contributed by atoms with van der Waals surface area (Å²) in [4.78, 5) is 0. The third kappa shape index (κ3) is 5.19. The number of ether oxygens (including phenoxy) is 2. The molecule has 0 aromatic heterocycles. The van der Waals surface area contributed by atoms with Gasteiger partial charge in [0, 0.05) is 0 Å². The molecule has 0 bridgehead atoms. The first kappa shape index (κ1) is 22.5.